The highest BCUT2D eigenvalue weighted by Gasteiger charge is 2.26. The van der Waals surface area contributed by atoms with Gasteiger partial charge in [0.25, 0.3) is 0 Å². The first-order chi connectivity index (χ1) is 8.25. The van der Waals surface area contributed by atoms with E-state index in [2.05, 4.69) is 4.98 Å². The largest absolute Gasteiger partial charge is 0.478 e. The molecule has 94 valence electrons. The van der Waals surface area contributed by atoms with Crippen molar-refractivity contribution in [3.63, 3.8) is 0 Å². The highest BCUT2D eigenvalue weighted by Crippen LogP contribution is 2.14. The van der Waals surface area contributed by atoms with Gasteiger partial charge in [0, 0.05) is 0 Å². The van der Waals surface area contributed by atoms with Crippen molar-refractivity contribution < 1.29 is 39.6 Å². The van der Waals surface area contributed by atoms with Crippen LogP contribution in [0.4, 0.5) is 0 Å². The fraction of sp³-hybridized carbons (Fsp3) is 0. The quantitative estimate of drug-likeness (QED) is 0.573. The fourth-order valence-corrected chi connectivity index (χ4v) is 1.17. The molecule has 1 heterocycles. The SMILES string of the molecule is O=C(O)c1cc(C(=O)O)c(C(=O)O)nc1C(=O)O. The van der Waals surface area contributed by atoms with Crippen LogP contribution in [0.15, 0.2) is 6.07 Å². The highest BCUT2D eigenvalue weighted by atomic mass is 16.4. The van der Waals surface area contributed by atoms with E-state index in [0.717, 1.165) is 0 Å². The van der Waals surface area contributed by atoms with Crippen molar-refractivity contribution in [2.45, 2.75) is 0 Å². The van der Waals surface area contributed by atoms with Gasteiger partial charge in [0.1, 0.15) is 0 Å². The number of carboxylic acids is 4. The van der Waals surface area contributed by atoms with E-state index >= 15 is 0 Å². The van der Waals surface area contributed by atoms with Crippen LogP contribution in [0.1, 0.15) is 41.7 Å². The molecule has 0 saturated carbocycles. The molecule has 0 radical (unpaired) electrons. The lowest BCUT2D eigenvalue weighted by Gasteiger charge is -2.05. The molecular weight excluding hydrogens is 250 g/mol. The standard InChI is InChI=1S/C9H5NO8/c11-6(12)2-1-3(7(13)14)5(9(17)18)10-4(2)8(15)16/h1H,(H,11,12)(H,13,14)(H,15,16)(H,17,18). The Hall–Kier alpha value is -2.97. The average Bonchev–Trinajstić information content (AvgIpc) is 2.26. The van der Waals surface area contributed by atoms with E-state index in [9.17, 15) is 19.2 Å². The van der Waals surface area contributed by atoms with Gasteiger partial charge < -0.3 is 20.4 Å². The van der Waals surface area contributed by atoms with Gasteiger partial charge in [0.2, 0.25) is 0 Å². The average molecular weight is 255 g/mol. The van der Waals surface area contributed by atoms with Gasteiger partial charge in [-0.05, 0) is 6.07 Å². The van der Waals surface area contributed by atoms with E-state index in [1.807, 2.05) is 0 Å². The Kier molecular flexibility index (Phi) is 3.27. The molecule has 0 aromatic carbocycles. The van der Waals surface area contributed by atoms with Crippen molar-refractivity contribution in [2.75, 3.05) is 0 Å². The molecule has 9 heteroatoms. The number of hydrogen-bond acceptors (Lipinski definition) is 5. The summed E-state index contributed by atoms with van der Waals surface area (Å²) in [4.78, 5) is 46.0. The van der Waals surface area contributed by atoms with Gasteiger partial charge in [0.15, 0.2) is 11.4 Å². The molecule has 0 unspecified atom stereocenters. The summed E-state index contributed by atoms with van der Waals surface area (Å²) >= 11 is 0. The second-order valence-corrected chi connectivity index (χ2v) is 3.00. The third-order valence-electron chi connectivity index (χ3n) is 1.89. The number of carbonyl (C=O) groups is 4. The smallest absolute Gasteiger partial charge is 0.355 e. The molecule has 0 aliphatic rings. The summed E-state index contributed by atoms with van der Waals surface area (Å²) in [5.41, 5.74) is -3.87. The maximum absolute atomic E-state index is 10.7. The van der Waals surface area contributed by atoms with E-state index in [-0.39, 0.29) is 0 Å². The van der Waals surface area contributed by atoms with Crippen LogP contribution in [-0.4, -0.2) is 49.3 Å². The monoisotopic (exact) mass is 255 g/mol. The van der Waals surface area contributed by atoms with Crippen LogP contribution in [0.25, 0.3) is 0 Å². The van der Waals surface area contributed by atoms with Crippen LogP contribution in [0.5, 0.6) is 0 Å². The molecule has 0 fully saturated rings. The van der Waals surface area contributed by atoms with E-state index in [1.54, 1.807) is 0 Å². The first-order valence-electron chi connectivity index (χ1n) is 4.24. The number of hydrogen-bond donors (Lipinski definition) is 4. The minimum Gasteiger partial charge on any atom is -0.478 e. The number of rotatable bonds is 4. The van der Waals surface area contributed by atoms with Crippen molar-refractivity contribution in [2.24, 2.45) is 0 Å². The zero-order valence-corrected chi connectivity index (χ0v) is 8.45. The maximum Gasteiger partial charge on any atom is 0.355 e. The Labute approximate surface area is 97.9 Å². The van der Waals surface area contributed by atoms with Gasteiger partial charge in [0.05, 0.1) is 11.1 Å². The predicted molar refractivity (Wildman–Crippen MR) is 52.1 cm³/mol. The molecule has 18 heavy (non-hydrogen) atoms. The van der Waals surface area contributed by atoms with Crippen molar-refractivity contribution in [3.8, 4) is 0 Å². The van der Waals surface area contributed by atoms with Gasteiger partial charge in [-0.1, -0.05) is 0 Å². The molecule has 0 atom stereocenters. The second-order valence-electron chi connectivity index (χ2n) is 3.00. The molecule has 0 amide bonds. The summed E-state index contributed by atoms with van der Waals surface area (Å²) in [5.74, 6) is -6.99. The van der Waals surface area contributed by atoms with Crippen molar-refractivity contribution in [1.29, 1.82) is 0 Å². The summed E-state index contributed by atoms with van der Waals surface area (Å²) in [6.45, 7) is 0. The zero-order valence-electron chi connectivity index (χ0n) is 8.45. The van der Waals surface area contributed by atoms with Crippen LogP contribution < -0.4 is 0 Å². The minimum atomic E-state index is -1.77. The van der Waals surface area contributed by atoms with Gasteiger partial charge in [-0.15, -0.1) is 0 Å². The normalized spacial score (nSPS) is 9.78. The Morgan fingerprint density at radius 1 is 0.722 bits per heavy atom. The number of nitrogens with zero attached hydrogens (tertiary/aromatic N) is 1. The van der Waals surface area contributed by atoms with Crippen LogP contribution in [-0.2, 0) is 0 Å². The van der Waals surface area contributed by atoms with E-state index in [0.29, 0.717) is 6.07 Å². The molecule has 4 N–H and O–H groups in total. The molecular formula is C9H5NO8. The topological polar surface area (TPSA) is 162 Å². The van der Waals surface area contributed by atoms with E-state index in [1.165, 1.54) is 0 Å². The van der Waals surface area contributed by atoms with Crippen LogP contribution in [0.3, 0.4) is 0 Å². The molecule has 1 aromatic heterocycles. The summed E-state index contributed by atoms with van der Waals surface area (Å²) in [5, 5.41) is 34.8. The lowest BCUT2D eigenvalue weighted by molar-refractivity contribution is 0.0626. The third kappa shape index (κ3) is 2.24. The molecule has 1 rings (SSSR count). The maximum atomic E-state index is 10.7. The summed E-state index contributed by atoms with van der Waals surface area (Å²) in [6, 6.07) is 0.449. The molecule has 0 spiro atoms. The van der Waals surface area contributed by atoms with E-state index < -0.39 is 46.4 Å². The molecule has 0 bridgehead atoms. The highest BCUT2D eigenvalue weighted by molar-refractivity contribution is 6.06. The van der Waals surface area contributed by atoms with E-state index in [4.69, 9.17) is 20.4 Å². The van der Waals surface area contributed by atoms with Gasteiger partial charge >= 0.3 is 23.9 Å². The van der Waals surface area contributed by atoms with Gasteiger partial charge in [-0.25, -0.2) is 24.2 Å². The summed E-state index contributed by atoms with van der Waals surface area (Å²) < 4.78 is 0. The van der Waals surface area contributed by atoms with Crippen molar-refractivity contribution in [1.82, 2.24) is 4.98 Å². The van der Waals surface area contributed by atoms with Crippen LogP contribution in [0, 0.1) is 0 Å². The Morgan fingerprint density at radius 2 is 1.06 bits per heavy atom. The number of aromatic nitrogens is 1. The van der Waals surface area contributed by atoms with Gasteiger partial charge in [-0.3, -0.25) is 0 Å². The lowest BCUT2D eigenvalue weighted by atomic mass is 10.1. The predicted octanol–water partition coefficient (Wildman–Crippen LogP) is -0.126. The molecule has 9 nitrogen and oxygen atoms in total. The Balaban J connectivity index is 3.71. The Bertz CT molecular complexity index is 478. The fourth-order valence-electron chi connectivity index (χ4n) is 1.17. The zero-order chi connectivity index (χ0) is 14.0. The molecule has 0 aliphatic heterocycles. The Morgan fingerprint density at radius 3 is 1.28 bits per heavy atom. The number of pyridine rings is 1. The first kappa shape index (κ1) is 13.1. The summed E-state index contributed by atoms with van der Waals surface area (Å²) in [7, 11) is 0. The minimum absolute atomic E-state index is 0.449. The molecule has 1 aromatic rings. The number of aromatic carboxylic acids is 4. The number of carboxylic acid groups (broad SMARTS) is 4. The van der Waals surface area contributed by atoms with Crippen molar-refractivity contribution >= 4 is 23.9 Å². The van der Waals surface area contributed by atoms with Gasteiger partial charge in [-0.2, -0.15) is 0 Å². The molecule has 0 saturated heterocycles. The third-order valence-corrected chi connectivity index (χ3v) is 1.89. The van der Waals surface area contributed by atoms with Crippen LogP contribution >= 0.6 is 0 Å². The van der Waals surface area contributed by atoms with Crippen molar-refractivity contribution in [3.05, 3.63) is 28.6 Å². The first-order valence-corrected chi connectivity index (χ1v) is 4.24. The second kappa shape index (κ2) is 4.49. The molecule has 0 aliphatic carbocycles. The lowest BCUT2D eigenvalue weighted by Crippen LogP contribution is -2.18. The summed E-state index contributed by atoms with van der Waals surface area (Å²) in [6.07, 6.45) is 0. The van der Waals surface area contributed by atoms with Crippen LogP contribution in [0.2, 0.25) is 0 Å².